The molecule has 11 rings (SSSR count). The van der Waals surface area contributed by atoms with Gasteiger partial charge in [-0.05, 0) is 98.3 Å². The average molecular weight is 1220 g/mol. The molecule has 488 valence electrons. The van der Waals surface area contributed by atoms with E-state index in [2.05, 4.69) is 20.8 Å². The van der Waals surface area contributed by atoms with Gasteiger partial charge in [-0.15, -0.1) is 0 Å². The van der Waals surface area contributed by atoms with Crippen LogP contribution in [-0.2, 0) is 90.1 Å². The van der Waals surface area contributed by atoms with Crippen LogP contribution in [0.1, 0.15) is 139 Å². The van der Waals surface area contributed by atoms with Crippen LogP contribution in [0.25, 0.3) is 0 Å². The molecule has 8 saturated heterocycles. The van der Waals surface area contributed by atoms with E-state index in [1.165, 1.54) is 7.11 Å². The summed E-state index contributed by atoms with van der Waals surface area (Å²) in [7, 11) is 6.39. The van der Waals surface area contributed by atoms with Gasteiger partial charge in [0.15, 0.2) is 43.5 Å². The third kappa shape index (κ3) is 12.5. The number of hydrogen-bond acceptors (Lipinski definition) is 24. The van der Waals surface area contributed by atoms with Gasteiger partial charge in [-0.2, -0.15) is 0 Å². The van der Waals surface area contributed by atoms with Gasteiger partial charge in [0.25, 0.3) is 0 Å². The van der Waals surface area contributed by atoms with Crippen molar-refractivity contribution in [3.8, 4) is 0 Å². The third-order valence-electron chi connectivity index (χ3n) is 22.1. The molecule has 11 aliphatic rings. The van der Waals surface area contributed by atoms with E-state index in [1.807, 2.05) is 20.8 Å². The third-order valence-corrected chi connectivity index (χ3v) is 22.1. The Balaban J connectivity index is 0.636. The van der Waals surface area contributed by atoms with Crippen LogP contribution in [0.5, 0.6) is 0 Å². The lowest BCUT2D eigenvalue weighted by molar-refractivity contribution is -0.364. The molecule has 3 aliphatic carbocycles. The van der Waals surface area contributed by atoms with Gasteiger partial charge in [0.1, 0.15) is 60.7 Å². The monoisotopic (exact) mass is 1220 g/mol. The number of rotatable bonds is 17. The summed E-state index contributed by atoms with van der Waals surface area (Å²) in [4.78, 5) is 13.5. The molecule has 5 N–H and O–H groups in total. The molecule has 34 atom stereocenters. The molecule has 0 unspecified atom stereocenters. The van der Waals surface area contributed by atoms with Gasteiger partial charge < -0.3 is 111 Å². The second kappa shape index (κ2) is 26.4. The molecule has 85 heavy (non-hydrogen) atoms. The topological polar surface area (TPSA) is 284 Å². The van der Waals surface area contributed by atoms with Crippen LogP contribution in [-0.4, -0.2) is 244 Å². The number of Topliss-reactive ketones (excluding diaryl/α,β-unsaturated/α-hetero) is 1. The number of methoxy groups -OCH3 is 4. The lowest BCUT2D eigenvalue weighted by atomic mass is 9.52. The van der Waals surface area contributed by atoms with E-state index in [1.54, 1.807) is 35.2 Å². The highest BCUT2D eigenvalue weighted by molar-refractivity contribution is 5.88. The highest BCUT2D eigenvalue weighted by atomic mass is 16.8. The van der Waals surface area contributed by atoms with Crippen molar-refractivity contribution in [3.05, 3.63) is 0 Å². The second-order valence-electron chi connectivity index (χ2n) is 27.1. The first-order valence-corrected chi connectivity index (χ1v) is 31.7. The molecule has 3 saturated carbocycles. The Morgan fingerprint density at radius 3 is 1.62 bits per heavy atom. The summed E-state index contributed by atoms with van der Waals surface area (Å²) in [5, 5.41) is 52.6. The number of fused-ring (bicyclic) bond motifs is 5. The van der Waals surface area contributed by atoms with Crippen molar-refractivity contribution in [1.82, 2.24) is 0 Å². The van der Waals surface area contributed by atoms with Gasteiger partial charge in [0, 0.05) is 85.2 Å². The predicted octanol–water partition coefficient (Wildman–Crippen LogP) is 3.30. The Morgan fingerprint density at radius 2 is 1.07 bits per heavy atom. The van der Waals surface area contributed by atoms with Crippen LogP contribution in [0, 0.1) is 28.6 Å². The highest BCUT2D eigenvalue weighted by Gasteiger charge is 2.70. The van der Waals surface area contributed by atoms with E-state index in [0.29, 0.717) is 43.8 Å². The molecule has 8 heterocycles. The maximum atomic E-state index is 13.5. The second-order valence-corrected chi connectivity index (χ2v) is 27.1. The standard InChI is InChI=1S/C61H100O24/c1-27-19-40(78-57-51(67)50(66)49(65)41(26-62)79-57)56(71-12)58(72-27)83-52-29(3)73-45(21-36(52)63)80-53-31(5)75-47(23-38(53)69-10)82-55-32(6)76-48(24-39(55)70-11)81-54-30(4)74-46(22-37(54)68-9)77-34-16-17-59(7)33(20-34)15-18-61-42(59)25-44(85-61)60(8)35(28(2)84-61)13-14-43(60)64/h27-42,44-58,62-63,65-67H,13-26H2,1-12H3/t27-,28+,29-,30-,31-,32-,33+,34+,35+,36+,37-,38-,39+,40-,41-,42-,44-,45+,46+,47+,48+,49-,50+,51-,52-,53-,54-,55-,56+,57-,58+,59+,60-,61+/m1/s1. The number of ketones is 1. The van der Waals surface area contributed by atoms with E-state index < -0.39 is 159 Å². The first-order valence-electron chi connectivity index (χ1n) is 31.7. The van der Waals surface area contributed by atoms with Gasteiger partial charge in [0.2, 0.25) is 0 Å². The number of aliphatic hydroxyl groups excluding tert-OH is 5. The van der Waals surface area contributed by atoms with E-state index in [9.17, 15) is 30.3 Å². The van der Waals surface area contributed by atoms with E-state index in [0.717, 1.165) is 44.9 Å². The fraction of sp³-hybridized carbons (Fsp3) is 0.984. The van der Waals surface area contributed by atoms with Crippen molar-refractivity contribution in [2.24, 2.45) is 28.6 Å². The van der Waals surface area contributed by atoms with Crippen molar-refractivity contribution >= 4 is 5.78 Å². The molecule has 1 spiro atoms. The summed E-state index contributed by atoms with van der Waals surface area (Å²) in [5.74, 6) is 0.591. The van der Waals surface area contributed by atoms with Gasteiger partial charge >= 0.3 is 0 Å². The summed E-state index contributed by atoms with van der Waals surface area (Å²) >= 11 is 0. The number of carbonyl (C=O) groups excluding carboxylic acids is 1. The molecule has 0 aromatic carbocycles. The molecule has 24 nitrogen and oxygen atoms in total. The molecule has 0 aromatic rings. The summed E-state index contributed by atoms with van der Waals surface area (Å²) in [6, 6.07) is 0. The Bertz CT molecular complexity index is 2210. The zero-order valence-corrected chi connectivity index (χ0v) is 51.8. The molecule has 0 aromatic heterocycles. The number of carbonyl (C=O) groups is 1. The van der Waals surface area contributed by atoms with Gasteiger partial charge in [-0.1, -0.05) is 6.92 Å². The number of hydrogen-bond donors (Lipinski definition) is 5. The Hall–Kier alpha value is -1.25. The molecule has 2 bridgehead atoms. The minimum atomic E-state index is -1.62. The van der Waals surface area contributed by atoms with Crippen LogP contribution in [0.3, 0.4) is 0 Å². The minimum Gasteiger partial charge on any atom is -0.394 e. The molecular formula is C61H100O24. The number of ether oxygens (including phenoxy) is 18. The fourth-order valence-corrected chi connectivity index (χ4v) is 17.3. The maximum Gasteiger partial charge on any atom is 0.187 e. The van der Waals surface area contributed by atoms with Crippen molar-refractivity contribution in [1.29, 1.82) is 0 Å². The lowest BCUT2D eigenvalue weighted by Gasteiger charge is -2.57. The maximum absolute atomic E-state index is 13.5. The molecule has 0 radical (unpaired) electrons. The minimum absolute atomic E-state index is 0.0148. The smallest absolute Gasteiger partial charge is 0.187 e. The van der Waals surface area contributed by atoms with Crippen LogP contribution in [0.15, 0.2) is 0 Å². The molecule has 24 heteroatoms. The quantitative estimate of drug-likeness (QED) is 0.131. The summed E-state index contributed by atoms with van der Waals surface area (Å²) in [5.41, 5.74) is -0.469. The molecule has 0 amide bonds. The largest absolute Gasteiger partial charge is 0.394 e. The Kier molecular flexibility index (Phi) is 20.3. The van der Waals surface area contributed by atoms with Crippen molar-refractivity contribution in [2.45, 2.75) is 317 Å². The van der Waals surface area contributed by atoms with Crippen LogP contribution in [0.2, 0.25) is 0 Å². The summed E-state index contributed by atoms with van der Waals surface area (Å²) in [6.07, 6.45) is -11.4. The lowest BCUT2D eigenvalue weighted by Crippen LogP contribution is -2.62. The number of aliphatic hydroxyl groups is 5. The van der Waals surface area contributed by atoms with Crippen LogP contribution in [0.4, 0.5) is 0 Å². The van der Waals surface area contributed by atoms with E-state index in [-0.39, 0.29) is 54.2 Å². The first-order chi connectivity index (χ1) is 40.5. The van der Waals surface area contributed by atoms with Gasteiger partial charge in [0.05, 0.1) is 91.4 Å². The van der Waals surface area contributed by atoms with Crippen LogP contribution < -0.4 is 0 Å². The predicted molar refractivity (Wildman–Crippen MR) is 294 cm³/mol. The first kappa shape index (κ1) is 65.2. The molecular weight excluding hydrogens is 1120 g/mol. The van der Waals surface area contributed by atoms with Gasteiger partial charge in [-0.25, -0.2) is 0 Å². The molecule has 11 fully saturated rings. The molecule has 8 aliphatic heterocycles. The highest BCUT2D eigenvalue weighted by Crippen LogP contribution is 2.67. The Morgan fingerprint density at radius 1 is 0.506 bits per heavy atom. The SMILES string of the molecule is CO[C@@H]1[C@H](O[C@H]2[C@@H](O)C[C@H](O[C@@H]3[C@@H](C)O[C@@H](O[C@H]4[C@@H](OC)C[C@H](O[C@@H]5[C@@H](C)O[C@@H](O[C@H]6CC[C@@]7(C)[C@@H](CC[C@@]89O[C@@H](C)[C@@H]%10CCC(=O)[C@]%10(C)[C@@H](C[C@@H]87)O9)C6)C[C@H]5OC)O[C@@H]4C)C[C@H]3OC)O[C@@H]2C)O[C@H](C)C[C@H]1O[C@@H]1O[C@H](CO)[C@@H](O)[C@H](O)[C@H]1O. The van der Waals surface area contributed by atoms with E-state index in [4.69, 9.17) is 85.3 Å². The van der Waals surface area contributed by atoms with E-state index >= 15 is 0 Å². The summed E-state index contributed by atoms with van der Waals surface area (Å²) in [6.45, 7) is 15.5. The zero-order chi connectivity index (χ0) is 60.6. The van der Waals surface area contributed by atoms with Crippen molar-refractivity contribution < 1.29 is 116 Å². The normalized spacial score (nSPS) is 54.7. The average Bonchev–Trinajstić information content (AvgIpc) is 1.57. The summed E-state index contributed by atoms with van der Waals surface area (Å²) < 4.78 is 115. The fourth-order valence-electron chi connectivity index (χ4n) is 17.3. The zero-order valence-electron chi connectivity index (χ0n) is 51.8. The van der Waals surface area contributed by atoms with Gasteiger partial charge in [-0.3, -0.25) is 4.79 Å². The Labute approximate surface area is 500 Å². The van der Waals surface area contributed by atoms with Crippen LogP contribution >= 0.6 is 0 Å². The van der Waals surface area contributed by atoms with Crippen molar-refractivity contribution in [3.63, 3.8) is 0 Å². The van der Waals surface area contributed by atoms with Crippen molar-refractivity contribution in [2.75, 3.05) is 35.0 Å².